The maximum Gasteiger partial charge on any atom is 0.0721 e. The monoisotopic (exact) mass is 274 g/mol. The van der Waals surface area contributed by atoms with Crippen LogP contribution in [-0.2, 0) is 4.74 Å². The average Bonchev–Trinajstić information content (AvgIpc) is 2.48. The molecule has 0 aliphatic carbocycles. The molecule has 0 amide bonds. The molecule has 1 saturated heterocycles. The molecule has 5 heteroatoms. The second kappa shape index (κ2) is 5.34. The van der Waals surface area contributed by atoms with Gasteiger partial charge in [-0.15, -0.1) is 0 Å². The van der Waals surface area contributed by atoms with E-state index in [1.165, 1.54) is 0 Å². The molecule has 17 heavy (non-hydrogen) atoms. The van der Waals surface area contributed by atoms with Crippen LogP contribution in [0.25, 0.3) is 0 Å². The van der Waals surface area contributed by atoms with Crippen molar-refractivity contribution in [3.05, 3.63) is 22.2 Å². The average molecular weight is 275 g/mol. The first-order chi connectivity index (χ1) is 8.08. The highest BCUT2D eigenvalue weighted by atomic mass is 35.5. The quantitative estimate of drug-likeness (QED) is 0.800. The zero-order valence-electron chi connectivity index (χ0n) is 9.75. The number of anilines is 2. The number of nitrogens with two attached hydrogens (primary N) is 1. The third-order valence-corrected chi connectivity index (χ3v) is 3.58. The second-order valence-electron chi connectivity index (χ2n) is 4.31. The van der Waals surface area contributed by atoms with Crippen LogP contribution in [0.5, 0.6) is 0 Å². The molecule has 1 fully saturated rings. The lowest BCUT2D eigenvalue weighted by molar-refractivity contribution is 0.0821. The van der Waals surface area contributed by atoms with Gasteiger partial charge in [-0.1, -0.05) is 23.2 Å². The van der Waals surface area contributed by atoms with Crippen molar-refractivity contribution in [2.45, 2.75) is 19.4 Å². The SMILES string of the molecule is CC1CN(c2cc(Cl)c(Cl)cc2N)CCCO1. The highest BCUT2D eigenvalue weighted by molar-refractivity contribution is 6.42. The molecule has 2 rings (SSSR count). The summed E-state index contributed by atoms with van der Waals surface area (Å²) in [7, 11) is 0. The number of hydrogen-bond acceptors (Lipinski definition) is 3. The Hall–Kier alpha value is -0.640. The van der Waals surface area contributed by atoms with Crippen LogP contribution in [0.3, 0.4) is 0 Å². The van der Waals surface area contributed by atoms with E-state index < -0.39 is 0 Å². The molecule has 1 unspecified atom stereocenters. The summed E-state index contributed by atoms with van der Waals surface area (Å²) in [5.74, 6) is 0. The first kappa shape index (κ1) is 12.8. The fourth-order valence-electron chi connectivity index (χ4n) is 2.04. The van der Waals surface area contributed by atoms with Crippen LogP contribution < -0.4 is 10.6 Å². The summed E-state index contributed by atoms with van der Waals surface area (Å²) in [6.45, 7) is 4.60. The summed E-state index contributed by atoms with van der Waals surface area (Å²) >= 11 is 12.0. The van der Waals surface area contributed by atoms with Crippen molar-refractivity contribution in [3.63, 3.8) is 0 Å². The van der Waals surface area contributed by atoms with Crippen molar-refractivity contribution in [2.75, 3.05) is 30.3 Å². The molecule has 1 aliphatic rings. The lowest BCUT2D eigenvalue weighted by Gasteiger charge is -2.26. The summed E-state index contributed by atoms with van der Waals surface area (Å²) in [6.07, 6.45) is 1.19. The van der Waals surface area contributed by atoms with Gasteiger partial charge in [0.15, 0.2) is 0 Å². The van der Waals surface area contributed by atoms with E-state index in [1.807, 2.05) is 6.07 Å². The Kier molecular flexibility index (Phi) is 4.02. The first-order valence-corrected chi connectivity index (χ1v) is 6.44. The van der Waals surface area contributed by atoms with Crippen molar-refractivity contribution in [2.24, 2.45) is 0 Å². The third kappa shape index (κ3) is 2.97. The molecule has 1 aromatic rings. The zero-order chi connectivity index (χ0) is 12.4. The Balaban J connectivity index is 2.28. The van der Waals surface area contributed by atoms with Gasteiger partial charge in [0.1, 0.15) is 0 Å². The lowest BCUT2D eigenvalue weighted by Crippen LogP contribution is -2.30. The molecule has 1 atom stereocenters. The first-order valence-electron chi connectivity index (χ1n) is 5.69. The molecule has 3 nitrogen and oxygen atoms in total. The van der Waals surface area contributed by atoms with Crippen LogP contribution in [0.4, 0.5) is 11.4 Å². The fourth-order valence-corrected chi connectivity index (χ4v) is 2.37. The van der Waals surface area contributed by atoms with Crippen molar-refractivity contribution >= 4 is 34.6 Å². The van der Waals surface area contributed by atoms with Crippen LogP contribution in [0.1, 0.15) is 13.3 Å². The lowest BCUT2D eigenvalue weighted by atomic mass is 10.2. The van der Waals surface area contributed by atoms with E-state index in [2.05, 4.69) is 11.8 Å². The van der Waals surface area contributed by atoms with Gasteiger partial charge in [-0.25, -0.2) is 0 Å². The van der Waals surface area contributed by atoms with E-state index in [4.69, 9.17) is 33.7 Å². The zero-order valence-corrected chi connectivity index (χ0v) is 11.3. The molecule has 0 radical (unpaired) electrons. The largest absolute Gasteiger partial charge is 0.397 e. The molecule has 1 heterocycles. The summed E-state index contributed by atoms with van der Waals surface area (Å²) in [6, 6.07) is 3.53. The van der Waals surface area contributed by atoms with Gasteiger partial charge in [0.25, 0.3) is 0 Å². The number of ether oxygens (including phenoxy) is 1. The molecule has 0 spiro atoms. The third-order valence-electron chi connectivity index (χ3n) is 2.86. The maximum absolute atomic E-state index is 6.04. The van der Waals surface area contributed by atoms with Crippen LogP contribution in [0.2, 0.25) is 10.0 Å². The molecule has 0 saturated carbocycles. The van der Waals surface area contributed by atoms with Crippen molar-refractivity contribution in [1.82, 2.24) is 0 Å². The molecular formula is C12H16Cl2N2O. The number of benzene rings is 1. The van der Waals surface area contributed by atoms with Gasteiger partial charge in [0, 0.05) is 19.7 Å². The maximum atomic E-state index is 6.04. The predicted octanol–water partition coefficient (Wildman–Crippen LogP) is 3.19. The number of nitrogen functional groups attached to an aromatic ring is 1. The van der Waals surface area contributed by atoms with E-state index in [1.54, 1.807) is 6.07 Å². The normalized spacial score (nSPS) is 21.4. The van der Waals surface area contributed by atoms with E-state index in [0.29, 0.717) is 15.7 Å². The standard InChI is InChI=1S/C12H16Cl2N2O/c1-8-7-16(3-2-4-17-8)12-6-10(14)9(13)5-11(12)15/h5-6,8H,2-4,7,15H2,1H3. The van der Waals surface area contributed by atoms with Gasteiger partial charge < -0.3 is 15.4 Å². The van der Waals surface area contributed by atoms with Gasteiger partial charge >= 0.3 is 0 Å². The fraction of sp³-hybridized carbons (Fsp3) is 0.500. The van der Waals surface area contributed by atoms with Crippen LogP contribution >= 0.6 is 23.2 Å². The Morgan fingerprint density at radius 2 is 2.06 bits per heavy atom. The van der Waals surface area contributed by atoms with Crippen molar-refractivity contribution < 1.29 is 4.74 Å². The highest BCUT2D eigenvalue weighted by Gasteiger charge is 2.18. The predicted molar refractivity (Wildman–Crippen MR) is 73.1 cm³/mol. The van der Waals surface area contributed by atoms with Gasteiger partial charge in [-0.05, 0) is 25.5 Å². The number of nitrogens with zero attached hydrogens (tertiary/aromatic N) is 1. The Morgan fingerprint density at radius 1 is 1.35 bits per heavy atom. The van der Waals surface area contributed by atoms with Gasteiger partial charge in [-0.3, -0.25) is 0 Å². The molecule has 1 aromatic carbocycles. The van der Waals surface area contributed by atoms with Crippen LogP contribution in [0.15, 0.2) is 12.1 Å². The number of halogens is 2. The van der Waals surface area contributed by atoms with Crippen LogP contribution in [-0.4, -0.2) is 25.8 Å². The van der Waals surface area contributed by atoms with E-state index in [0.717, 1.165) is 31.8 Å². The molecular weight excluding hydrogens is 259 g/mol. The van der Waals surface area contributed by atoms with Crippen LogP contribution in [0, 0.1) is 0 Å². The Morgan fingerprint density at radius 3 is 2.82 bits per heavy atom. The summed E-state index contributed by atoms with van der Waals surface area (Å²) in [5.41, 5.74) is 7.59. The number of rotatable bonds is 1. The van der Waals surface area contributed by atoms with E-state index in [9.17, 15) is 0 Å². The topological polar surface area (TPSA) is 38.5 Å². The summed E-state index contributed by atoms with van der Waals surface area (Å²) < 4.78 is 5.61. The minimum atomic E-state index is 0.200. The molecule has 1 aliphatic heterocycles. The minimum absolute atomic E-state index is 0.200. The molecule has 0 aromatic heterocycles. The number of hydrogen-bond donors (Lipinski definition) is 1. The van der Waals surface area contributed by atoms with Crippen molar-refractivity contribution in [3.8, 4) is 0 Å². The highest BCUT2D eigenvalue weighted by Crippen LogP contribution is 2.33. The van der Waals surface area contributed by atoms with Gasteiger partial charge in [0.05, 0.1) is 27.5 Å². The Bertz CT molecular complexity index is 412. The summed E-state index contributed by atoms with van der Waals surface area (Å²) in [5, 5.41) is 1.03. The smallest absolute Gasteiger partial charge is 0.0721 e. The van der Waals surface area contributed by atoms with E-state index in [-0.39, 0.29) is 6.10 Å². The van der Waals surface area contributed by atoms with E-state index >= 15 is 0 Å². The Labute approximate surface area is 111 Å². The van der Waals surface area contributed by atoms with Crippen molar-refractivity contribution in [1.29, 1.82) is 0 Å². The molecule has 94 valence electrons. The van der Waals surface area contributed by atoms with Gasteiger partial charge in [-0.2, -0.15) is 0 Å². The minimum Gasteiger partial charge on any atom is -0.397 e. The second-order valence-corrected chi connectivity index (χ2v) is 5.12. The summed E-state index contributed by atoms with van der Waals surface area (Å²) in [4.78, 5) is 2.20. The molecule has 0 bridgehead atoms. The van der Waals surface area contributed by atoms with Gasteiger partial charge in [0.2, 0.25) is 0 Å². The molecule has 2 N–H and O–H groups in total.